The summed E-state index contributed by atoms with van der Waals surface area (Å²) in [7, 11) is 3.45. The summed E-state index contributed by atoms with van der Waals surface area (Å²) in [5.41, 5.74) is 0.947. The Hall–Kier alpha value is -1.55. The molecule has 2 aliphatic carbocycles. The van der Waals surface area contributed by atoms with Gasteiger partial charge < -0.3 is 14.7 Å². The lowest BCUT2D eigenvalue weighted by Gasteiger charge is -2.32. The molecule has 0 saturated heterocycles. The van der Waals surface area contributed by atoms with Crippen molar-refractivity contribution in [1.29, 1.82) is 0 Å². The molecule has 0 aliphatic heterocycles. The SMILES string of the molecule is COc1ccc(C(CO)N(C)C(=O)C2CC3CCC2C3)cc1. The molecule has 3 rings (SSSR count). The standard InChI is InChI=1S/C18H25NO3/c1-19(18(21)16-10-12-3-4-14(16)9-12)17(11-20)13-5-7-15(22-2)8-6-13/h5-8,12,14,16-17,20H,3-4,9-11H2,1-2H3. The summed E-state index contributed by atoms with van der Waals surface area (Å²) < 4.78 is 5.16. The summed E-state index contributed by atoms with van der Waals surface area (Å²) >= 11 is 0. The third kappa shape index (κ3) is 2.72. The van der Waals surface area contributed by atoms with Crippen molar-refractivity contribution in [3.05, 3.63) is 29.8 Å². The lowest BCUT2D eigenvalue weighted by molar-refractivity contribution is -0.139. The van der Waals surface area contributed by atoms with E-state index in [2.05, 4.69) is 0 Å². The summed E-state index contributed by atoms with van der Waals surface area (Å²) in [6.07, 6.45) is 4.74. The first-order chi connectivity index (χ1) is 10.6. The molecule has 1 aromatic carbocycles. The highest BCUT2D eigenvalue weighted by atomic mass is 16.5. The molecule has 2 bridgehead atoms. The van der Waals surface area contributed by atoms with Gasteiger partial charge in [0.25, 0.3) is 0 Å². The largest absolute Gasteiger partial charge is 0.497 e. The van der Waals surface area contributed by atoms with E-state index in [1.807, 2.05) is 31.3 Å². The molecule has 120 valence electrons. The van der Waals surface area contributed by atoms with E-state index in [4.69, 9.17) is 4.74 Å². The van der Waals surface area contributed by atoms with Crippen molar-refractivity contribution in [3.63, 3.8) is 0 Å². The average Bonchev–Trinajstić information content (AvgIpc) is 3.18. The van der Waals surface area contributed by atoms with Gasteiger partial charge in [0.15, 0.2) is 0 Å². The maximum atomic E-state index is 12.8. The summed E-state index contributed by atoms with van der Waals surface area (Å²) in [4.78, 5) is 14.6. The number of ether oxygens (including phenoxy) is 1. The summed E-state index contributed by atoms with van der Waals surface area (Å²) in [6.45, 7) is -0.0601. The lowest BCUT2D eigenvalue weighted by atomic mass is 9.87. The molecule has 0 spiro atoms. The number of aliphatic hydroxyl groups is 1. The first-order valence-electron chi connectivity index (χ1n) is 8.15. The first-order valence-corrected chi connectivity index (χ1v) is 8.15. The second-order valence-corrected chi connectivity index (χ2v) is 6.70. The molecule has 1 N–H and O–H groups in total. The number of fused-ring (bicyclic) bond motifs is 2. The maximum absolute atomic E-state index is 12.8. The second-order valence-electron chi connectivity index (χ2n) is 6.70. The minimum Gasteiger partial charge on any atom is -0.497 e. The summed E-state index contributed by atoms with van der Waals surface area (Å²) in [5.74, 6) is 2.46. The van der Waals surface area contributed by atoms with E-state index >= 15 is 0 Å². The Kier molecular flexibility index (Phi) is 4.39. The van der Waals surface area contributed by atoms with Crippen LogP contribution in [0.5, 0.6) is 5.75 Å². The number of amides is 1. The van der Waals surface area contributed by atoms with Gasteiger partial charge in [-0.05, 0) is 48.8 Å². The molecule has 4 atom stereocenters. The molecule has 4 heteroatoms. The van der Waals surface area contributed by atoms with Crippen LogP contribution >= 0.6 is 0 Å². The quantitative estimate of drug-likeness (QED) is 0.909. The van der Waals surface area contributed by atoms with E-state index in [0.29, 0.717) is 5.92 Å². The third-order valence-corrected chi connectivity index (χ3v) is 5.54. The number of hydrogen-bond acceptors (Lipinski definition) is 3. The smallest absolute Gasteiger partial charge is 0.226 e. The lowest BCUT2D eigenvalue weighted by Crippen LogP contribution is -2.39. The number of likely N-dealkylation sites (N-methyl/N-ethyl adjacent to an activating group) is 1. The average molecular weight is 303 g/mol. The van der Waals surface area contributed by atoms with Crippen LogP contribution in [0.15, 0.2) is 24.3 Å². The Labute approximate surface area is 132 Å². The number of hydrogen-bond donors (Lipinski definition) is 1. The fourth-order valence-electron chi connectivity index (χ4n) is 4.24. The highest BCUT2D eigenvalue weighted by molar-refractivity contribution is 5.80. The second kappa shape index (κ2) is 6.29. The summed E-state index contributed by atoms with van der Waals surface area (Å²) in [6, 6.07) is 7.30. The highest BCUT2D eigenvalue weighted by Gasteiger charge is 2.44. The Morgan fingerprint density at radius 1 is 1.32 bits per heavy atom. The molecule has 0 heterocycles. The number of methoxy groups -OCH3 is 1. The molecule has 2 fully saturated rings. The molecule has 4 unspecified atom stereocenters. The van der Waals surface area contributed by atoms with E-state index < -0.39 is 0 Å². The maximum Gasteiger partial charge on any atom is 0.226 e. The fourth-order valence-corrected chi connectivity index (χ4v) is 4.24. The van der Waals surface area contributed by atoms with Crippen molar-refractivity contribution in [2.24, 2.45) is 17.8 Å². The minimum atomic E-state index is -0.280. The van der Waals surface area contributed by atoms with Crippen molar-refractivity contribution in [3.8, 4) is 5.75 Å². The number of benzene rings is 1. The van der Waals surface area contributed by atoms with Crippen LogP contribution in [0.2, 0.25) is 0 Å². The Morgan fingerprint density at radius 2 is 2.05 bits per heavy atom. The van der Waals surface area contributed by atoms with Gasteiger partial charge in [-0.1, -0.05) is 18.6 Å². The molecule has 22 heavy (non-hydrogen) atoms. The van der Waals surface area contributed by atoms with Gasteiger partial charge in [0.1, 0.15) is 5.75 Å². The number of carbonyl (C=O) groups is 1. The van der Waals surface area contributed by atoms with E-state index in [-0.39, 0.29) is 24.5 Å². The van der Waals surface area contributed by atoms with Crippen molar-refractivity contribution in [1.82, 2.24) is 4.90 Å². The molecule has 0 radical (unpaired) electrons. The zero-order valence-corrected chi connectivity index (χ0v) is 13.4. The normalized spacial score (nSPS) is 27.7. The first kappa shape index (κ1) is 15.3. The fraction of sp³-hybridized carbons (Fsp3) is 0.611. The molecule has 1 amide bonds. The molecular formula is C18H25NO3. The Morgan fingerprint density at radius 3 is 2.55 bits per heavy atom. The van der Waals surface area contributed by atoms with E-state index in [1.54, 1.807) is 12.0 Å². The van der Waals surface area contributed by atoms with Crippen LogP contribution in [0.3, 0.4) is 0 Å². The van der Waals surface area contributed by atoms with Gasteiger partial charge >= 0.3 is 0 Å². The Bertz CT molecular complexity index is 528. The zero-order valence-electron chi connectivity index (χ0n) is 13.4. The van der Waals surface area contributed by atoms with Gasteiger partial charge in [0.2, 0.25) is 5.91 Å². The third-order valence-electron chi connectivity index (χ3n) is 5.54. The van der Waals surface area contributed by atoms with Gasteiger partial charge in [-0.15, -0.1) is 0 Å². The van der Waals surface area contributed by atoms with Gasteiger partial charge in [0, 0.05) is 13.0 Å². The highest BCUT2D eigenvalue weighted by Crippen LogP contribution is 2.49. The van der Waals surface area contributed by atoms with Crippen LogP contribution < -0.4 is 4.74 Å². The van der Waals surface area contributed by atoms with Crippen molar-refractivity contribution in [2.45, 2.75) is 31.7 Å². The molecule has 4 nitrogen and oxygen atoms in total. The van der Waals surface area contributed by atoms with Gasteiger partial charge in [-0.25, -0.2) is 0 Å². The predicted molar refractivity (Wildman–Crippen MR) is 84.5 cm³/mol. The molecule has 2 saturated carbocycles. The zero-order chi connectivity index (χ0) is 15.7. The molecular weight excluding hydrogens is 278 g/mol. The van der Waals surface area contributed by atoms with Crippen LogP contribution in [-0.2, 0) is 4.79 Å². The van der Waals surface area contributed by atoms with Gasteiger partial charge in [-0.2, -0.15) is 0 Å². The number of carbonyl (C=O) groups excluding carboxylic acids is 1. The minimum absolute atomic E-state index is 0.0601. The van der Waals surface area contributed by atoms with Crippen LogP contribution in [0, 0.1) is 17.8 Å². The van der Waals surface area contributed by atoms with Crippen LogP contribution in [0.1, 0.15) is 37.3 Å². The topological polar surface area (TPSA) is 49.8 Å². The van der Waals surface area contributed by atoms with Crippen LogP contribution in [0.4, 0.5) is 0 Å². The molecule has 2 aliphatic rings. The predicted octanol–water partition coefficient (Wildman–Crippen LogP) is 2.62. The van der Waals surface area contributed by atoms with Gasteiger partial charge in [0.05, 0.1) is 19.8 Å². The van der Waals surface area contributed by atoms with E-state index in [9.17, 15) is 9.90 Å². The number of rotatable bonds is 5. The Balaban J connectivity index is 1.73. The van der Waals surface area contributed by atoms with Crippen LogP contribution in [-0.4, -0.2) is 36.7 Å². The van der Waals surface area contributed by atoms with Crippen molar-refractivity contribution >= 4 is 5.91 Å². The van der Waals surface area contributed by atoms with Crippen LogP contribution in [0.25, 0.3) is 0 Å². The van der Waals surface area contributed by atoms with E-state index in [1.165, 1.54) is 19.3 Å². The van der Waals surface area contributed by atoms with Crippen molar-refractivity contribution in [2.75, 3.05) is 20.8 Å². The monoisotopic (exact) mass is 303 g/mol. The van der Waals surface area contributed by atoms with Gasteiger partial charge in [-0.3, -0.25) is 4.79 Å². The number of nitrogens with zero attached hydrogens (tertiary/aromatic N) is 1. The molecule has 1 aromatic rings. The molecule has 0 aromatic heterocycles. The van der Waals surface area contributed by atoms with Crippen molar-refractivity contribution < 1.29 is 14.6 Å². The summed E-state index contributed by atoms with van der Waals surface area (Å²) in [5, 5.41) is 9.77. The van der Waals surface area contributed by atoms with E-state index in [0.717, 1.165) is 23.7 Å². The number of aliphatic hydroxyl groups excluding tert-OH is 1.